The number of rotatable bonds is 2. The van der Waals surface area contributed by atoms with Crippen LogP contribution in [0.2, 0.25) is 0 Å². The first-order chi connectivity index (χ1) is 5.20. The number of carbonyl (C=O) groups excluding carboxylic acids is 1. The molecule has 0 saturated heterocycles. The topological polar surface area (TPSA) is 80.8 Å². The lowest BCUT2D eigenvalue weighted by Crippen LogP contribution is -2.09. The largest absolute Gasteiger partial charge is 0.385 e. The fourth-order valence-electron chi connectivity index (χ4n) is 0.366. The number of hydrogen-bond acceptors (Lipinski definition) is 5. The predicted octanol–water partition coefficient (Wildman–Crippen LogP) is -0.319. The van der Waals surface area contributed by atoms with Gasteiger partial charge in [-0.05, 0) is 12.1 Å². The standard InChI is InChI=1S/C5H6N4O2/c1-3(2)4(10)11-5-6-8-9-7-5/h1H2,2H3,(H,6,7,8,9). The van der Waals surface area contributed by atoms with Crippen LogP contribution in [0.5, 0.6) is 6.01 Å². The van der Waals surface area contributed by atoms with E-state index in [2.05, 4.69) is 31.9 Å². The summed E-state index contributed by atoms with van der Waals surface area (Å²) in [7, 11) is 0. The number of hydrogen-bond donors (Lipinski definition) is 1. The van der Waals surface area contributed by atoms with Crippen LogP contribution in [0.1, 0.15) is 6.92 Å². The summed E-state index contributed by atoms with van der Waals surface area (Å²) >= 11 is 0. The van der Waals surface area contributed by atoms with E-state index >= 15 is 0 Å². The number of ether oxygens (including phenoxy) is 1. The Morgan fingerprint density at radius 1 is 1.73 bits per heavy atom. The lowest BCUT2D eigenvalue weighted by Gasteiger charge is -1.94. The van der Waals surface area contributed by atoms with Crippen molar-refractivity contribution in [3.8, 4) is 6.01 Å². The van der Waals surface area contributed by atoms with Crippen LogP contribution in [-0.2, 0) is 4.79 Å². The Kier molecular flexibility index (Phi) is 1.95. The third kappa shape index (κ3) is 1.85. The van der Waals surface area contributed by atoms with Gasteiger partial charge in [0.25, 0.3) is 0 Å². The summed E-state index contributed by atoms with van der Waals surface area (Å²) < 4.78 is 4.56. The first-order valence-electron chi connectivity index (χ1n) is 2.81. The summed E-state index contributed by atoms with van der Waals surface area (Å²) in [6.07, 6.45) is 0. The third-order valence-corrected chi connectivity index (χ3v) is 0.858. The first-order valence-corrected chi connectivity index (χ1v) is 2.81. The van der Waals surface area contributed by atoms with Crippen molar-refractivity contribution in [2.75, 3.05) is 0 Å². The van der Waals surface area contributed by atoms with E-state index in [1.807, 2.05) is 0 Å². The number of H-pyrrole nitrogens is 1. The number of aromatic amines is 1. The highest BCUT2D eigenvalue weighted by atomic mass is 16.6. The third-order valence-electron chi connectivity index (χ3n) is 0.858. The van der Waals surface area contributed by atoms with Gasteiger partial charge in [0.15, 0.2) is 0 Å². The number of nitrogens with zero attached hydrogens (tertiary/aromatic N) is 3. The number of esters is 1. The summed E-state index contributed by atoms with van der Waals surface area (Å²) in [6.45, 7) is 4.91. The van der Waals surface area contributed by atoms with Gasteiger partial charge in [0.1, 0.15) is 0 Å². The van der Waals surface area contributed by atoms with E-state index in [1.54, 1.807) is 0 Å². The van der Waals surface area contributed by atoms with Crippen molar-refractivity contribution in [1.82, 2.24) is 20.6 Å². The molecule has 0 spiro atoms. The van der Waals surface area contributed by atoms with Gasteiger partial charge in [-0.25, -0.2) is 4.79 Å². The molecule has 0 amide bonds. The quantitative estimate of drug-likeness (QED) is 0.466. The van der Waals surface area contributed by atoms with E-state index in [1.165, 1.54) is 6.92 Å². The zero-order valence-electron chi connectivity index (χ0n) is 5.87. The second kappa shape index (κ2) is 2.91. The van der Waals surface area contributed by atoms with Gasteiger partial charge in [0, 0.05) is 5.57 Å². The molecule has 58 valence electrons. The normalized spacial score (nSPS) is 9.18. The van der Waals surface area contributed by atoms with Crippen LogP contribution in [0.15, 0.2) is 12.2 Å². The van der Waals surface area contributed by atoms with E-state index in [0.717, 1.165) is 0 Å². The smallest absolute Gasteiger partial charge is 0.363 e. The van der Waals surface area contributed by atoms with Gasteiger partial charge in [-0.1, -0.05) is 16.8 Å². The Morgan fingerprint density at radius 3 is 2.91 bits per heavy atom. The minimum absolute atomic E-state index is 0.0991. The molecule has 0 saturated carbocycles. The van der Waals surface area contributed by atoms with Gasteiger partial charge in [-0.3, -0.25) is 0 Å². The molecule has 0 aliphatic rings. The Labute approximate surface area is 62.3 Å². The maximum atomic E-state index is 10.8. The molecule has 6 heteroatoms. The van der Waals surface area contributed by atoms with Gasteiger partial charge in [-0.2, -0.15) is 5.21 Å². The van der Waals surface area contributed by atoms with Crippen LogP contribution in [0.3, 0.4) is 0 Å². The fourth-order valence-corrected chi connectivity index (χ4v) is 0.366. The first kappa shape index (κ1) is 7.39. The SMILES string of the molecule is C=C(C)C(=O)Oc1nn[nH]n1. The molecule has 0 aromatic carbocycles. The second-order valence-corrected chi connectivity index (χ2v) is 1.86. The summed E-state index contributed by atoms with van der Waals surface area (Å²) in [5.74, 6) is -0.564. The van der Waals surface area contributed by atoms with Gasteiger partial charge in [-0.15, -0.1) is 0 Å². The van der Waals surface area contributed by atoms with Gasteiger partial charge < -0.3 is 4.74 Å². The molecule has 0 bridgehead atoms. The average Bonchev–Trinajstić information content (AvgIpc) is 2.39. The summed E-state index contributed by atoms with van der Waals surface area (Å²) in [6, 6.07) is -0.0991. The highest BCUT2D eigenvalue weighted by molar-refractivity contribution is 5.88. The van der Waals surface area contributed by atoms with Crippen molar-refractivity contribution in [1.29, 1.82) is 0 Å². The zero-order valence-corrected chi connectivity index (χ0v) is 5.87. The van der Waals surface area contributed by atoms with Crippen molar-refractivity contribution in [2.45, 2.75) is 6.92 Å². The second-order valence-electron chi connectivity index (χ2n) is 1.86. The lowest BCUT2D eigenvalue weighted by molar-refractivity contribution is -0.130. The Balaban J connectivity index is 2.57. The van der Waals surface area contributed by atoms with Crippen LogP contribution in [0, 0.1) is 0 Å². The molecule has 1 aromatic rings. The van der Waals surface area contributed by atoms with E-state index in [4.69, 9.17) is 0 Å². The number of aromatic nitrogens is 4. The highest BCUT2D eigenvalue weighted by Crippen LogP contribution is 1.98. The molecular formula is C5H6N4O2. The Hall–Kier alpha value is -1.72. The van der Waals surface area contributed by atoms with Crippen molar-refractivity contribution >= 4 is 5.97 Å². The number of tetrazole rings is 1. The van der Waals surface area contributed by atoms with Crippen LogP contribution in [0.4, 0.5) is 0 Å². The van der Waals surface area contributed by atoms with Crippen molar-refractivity contribution in [3.05, 3.63) is 12.2 Å². The molecule has 1 N–H and O–H groups in total. The minimum atomic E-state index is -0.564. The maximum Gasteiger partial charge on any atom is 0.363 e. The molecular weight excluding hydrogens is 148 g/mol. The van der Waals surface area contributed by atoms with Crippen molar-refractivity contribution in [2.24, 2.45) is 0 Å². The van der Waals surface area contributed by atoms with Crippen LogP contribution < -0.4 is 4.74 Å². The molecule has 0 radical (unpaired) electrons. The van der Waals surface area contributed by atoms with Crippen LogP contribution in [-0.4, -0.2) is 26.6 Å². The molecule has 6 nitrogen and oxygen atoms in total. The van der Waals surface area contributed by atoms with Crippen LogP contribution >= 0.6 is 0 Å². The zero-order chi connectivity index (χ0) is 8.27. The van der Waals surface area contributed by atoms with Crippen molar-refractivity contribution < 1.29 is 9.53 Å². The lowest BCUT2D eigenvalue weighted by atomic mass is 10.4. The molecule has 0 unspecified atom stereocenters. The van der Waals surface area contributed by atoms with E-state index in [-0.39, 0.29) is 11.6 Å². The molecule has 0 aliphatic heterocycles. The van der Waals surface area contributed by atoms with Gasteiger partial charge in [0.2, 0.25) is 0 Å². The summed E-state index contributed by atoms with van der Waals surface area (Å²) in [4.78, 5) is 10.8. The average molecular weight is 154 g/mol. The molecule has 11 heavy (non-hydrogen) atoms. The molecule has 1 aromatic heterocycles. The molecule has 1 heterocycles. The Morgan fingerprint density at radius 2 is 2.45 bits per heavy atom. The fraction of sp³-hybridized carbons (Fsp3) is 0.200. The summed E-state index contributed by atoms with van der Waals surface area (Å²) in [5.41, 5.74) is 0.287. The van der Waals surface area contributed by atoms with Gasteiger partial charge in [0.05, 0.1) is 0 Å². The Bertz CT molecular complexity index is 266. The summed E-state index contributed by atoms with van der Waals surface area (Å²) in [5, 5.41) is 12.1. The van der Waals surface area contributed by atoms with E-state index in [0.29, 0.717) is 0 Å². The molecule has 0 atom stereocenters. The predicted molar refractivity (Wildman–Crippen MR) is 34.6 cm³/mol. The molecule has 0 aliphatic carbocycles. The monoisotopic (exact) mass is 154 g/mol. The molecule has 1 rings (SSSR count). The molecule has 0 fully saturated rings. The number of nitrogens with one attached hydrogen (secondary N) is 1. The van der Waals surface area contributed by atoms with Crippen molar-refractivity contribution in [3.63, 3.8) is 0 Å². The highest BCUT2D eigenvalue weighted by Gasteiger charge is 2.07. The van der Waals surface area contributed by atoms with E-state index in [9.17, 15) is 4.79 Å². The minimum Gasteiger partial charge on any atom is -0.385 e. The van der Waals surface area contributed by atoms with Gasteiger partial charge >= 0.3 is 12.0 Å². The van der Waals surface area contributed by atoms with Crippen LogP contribution in [0.25, 0.3) is 0 Å². The maximum absolute atomic E-state index is 10.8. The van der Waals surface area contributed by atoms with E-state index < -0.39 is 5.97 Å². The number of carbonyl (C=O) groups is 1.